The van der Waals surface area contributed by atoms with Gasteiger partial charge in [-0.3, -0.25) is 0 Å². The molecule has 0 unspecified atom stereocenters. The average Bonchev–Trinajstić information content (AvgIpc) is 2.57. The van der Waals surface area contributed by atoms with Gasteiger partial charge in [0, 0.05) is 0 Å². The van der Waals surface area contributed by atoms with Gasteiger partial charge in [-0.25, -0.2) is 4.98 Å². The summed E-state index contributed by atoms with van der Waals surface area (Å²) in [5.41, 5.74) is 0.531. The summed E-state index contributed by atoms with van der Waals surface area (Å²) in [5, 5.41) is 0.544. The van der Waals surface area contributed by atoms with Crippen molar-refractivity contribution in [3.8, 4) is 5.19 Å². The summed E-state index contributed by atoms with van der Waals surface area (Å²) in [6.07, 6.45) is 1.49. The molecule has 0 saturated heterocycles. The lowest BCUT2D eigenvalue weighted by Gasteiger charge is -2.02. The van der Waals surface area contributed by atoms with Gasteiger partial charge in [0.15, 0.2) is 0 Å². The van der Waals surface area contributed by atoms with Crippen molar-refractivity contribution in [3.63, 3.8) is 0 Å². The normalized spacial score (nSPS) is 10.5. The number of ether oxygens (including phenoxy) is 1. The zero-order chi connectivity index (χ0) is 10.8. The van der Waals surface area contributed by atoms with Gasteiger partial charge < -0.3 is 9.58 Å². The summed E-state index contributed by atoms with van der Waals surface area (Å²) in [6.45, 7) is 10.7. The second-order valence-corrected chi connectivity index (χ2v) is 4.06. The molecule has 0 aliphatic carbocycles. The summed E-state index contributed by atoms with van der Waals surface area (Å²) in [6, 6.07) is 0. The summed E-state index contributed by atoms with van der Waals surface area (Å²) in [5.74, 6) is 0.280. The van der Waals surface area contributed by atoms with Crippen LogP contribution < -0.4 is 4.74 Å². The standard InChI is InChI=1S/C9H8N4OS/c1-5(2)14-9-13-7-8(15-9)12-6(10-3)4-11-7/h4-5H,1-2H3. The molecule has 2 aromatic heterocycles. The Morgan fingerprint density at radius 1 is 1.47 bits per heavy atom. The molecule has 0 atom stereocenters. The molecule has 15 heavy (non-hydrogen) atoms. The minimum Gasteiger partial charge on any atom is -0.467 e. The van der Waals surface area contributed by atoms with E-state index in [-0.39, 0.29) is 11.9 Å². The fourth-order valence-corrected chi connectivity index (χ4v) is 1.87. The molecule has 0 aliphatic heterocycles. The molecule has 2 heterocycles. The highest BCUT2D eigenvalue weighted by molar-refractivity contribution is 7.19. The van der Waals surface area contributed by atoms with Gasteiger partial charge in [-0.05, 0) is 25.2 Å². The van der Waals surface area contributed by atoms with Crippen molar-refractivity contribution < 1.29 is 4.74 Å². The zero-order valence-corrected chi connectivity index (χ0v) is 9.08. The molecule has 0 fully saturated rings. The van der Waals surface area contributed by atoms with Crippen LogP contribution in [0.25, 0.3) is 15.3 Å². The quantitative estimate of drug-likeness (QED) is 0.729. The average molecular weight is 220 g/mol. The van der Waals surface area contributed by atoms with Crippen molar-refractivity contribution in [3.05, 3.63) is 17.6 Å². The van der Waals surface area contributed by atoms with Crippen LogP contribution in [-0.4, -0.2) is 21.1 Å². The van der Waals surface area contributed by atoms with E-state index in [2.05, 4.69) is 19.8 Å². The summed E-state index contributed by atoms with van der Waals surface area (Å²) in [7, 11) is 0. The van der Waals surface area contributed by atoms with Gasteiger partial charge in [-0.2, -0.15) is 4.98 Å². The molecule has 0 spiro atoms. The highest BCUT2D eigenvalue weighted by atomic mass is 32.1. The van der Waals surface area contributed by atoms with Gasteiger partial charge >= 0.3 is 0 Å². The first-order valence-electron chi connectivity index (χ1n) is 4.36. The van der Waals surface area contributed by atoms with E-state index in [0.717, 1.165) is 0 Å². The molecule has 76 valence electrons. The molecule has 0 aromatic carbocycles. The highest BCUT2D eigenvalue weighted by Gasteiger charge is 2.11. The molecule has 0 radical (unpaired) electrons. The number of fused-ring (bicyclic) bond motifs is 1. The van der Waals surface area contributed by atoms with Crippen molar-refractivity contribution in [2.75, 3.05) is 0 Å². The first kappa shape index (κ1) is 9.80. The van der Waals surface area contributed by atoms with Crippen LogP contribution in [0.2, 0.25) is 0 Å². The van der Waals surface area contributed by atoms with Gasteiger partial charge in [0.2, 0.25) is 5.65 Å². The van der Waals surface area contributed by atoms with Crippen molar-refractivity contribution in [1.82, 2.24) is 15.0 Å². The van der Waals surface area contributed by atoms with E-state index in [1.165, 1.54) is 17.5 Å². The van der Waals surface area contributed by atoms with Gasteiger partial charge in [0.05, 0.1) is 12.3 Å². The van der Waals surface area contributed by atoms with Crippen LogP contribution >= 0.6 is 11.3 Å². The van der Waals surface area contributed by atoms with Crippen LogP contribution in [0.3, 0.4) is 0 Å². The lowest BCUT2D eigenvalue weighted by atomic mass is 10.5. The van der Waals surface area contributed by atoms with E-state index in [1.807, 2.05) is 13.8 Å². The Kier molecular flexibility index (Phi) is 2.47. The minimum atomic E-state index is 0.0749. The van der Waals surface area contributed by atoms with E-state index >= 15 is 0 Å². The van der Waals surface area contributed by atoms with Gasteiger partial charge in [0.25, 0.3) is 15.8 Å². The Morgan fingerprint density at radius 2 is 2.27 bits per heavy atom. The van der Waals surface area contributed by atoms with Crippen LogP contribution in [0.1, 0.15) is 13.8 Å². The second-order valence-electron chi connectivity index (χ2n) is 3.12. The van der Waals surface area contributed by atoms with Crippen molar-refractivity contribution in [2.45, 2.75) is 20.0 Å². The largest absolute Gasteiger partial charge is 0.467 e. The van der Waals surface area contributed by atoms with E-state index in [1.54, 1.807) is 0 Å². The maximum Gasteiger partial charge on any atom is 0.289 e. The molecule has 0 bridgehead atoms. The number of nitrogens with zero attached hydrogens (tertiary/aromatic N) is 4. The third-order valence-corrected chi connectivity index (χ3v) is 2.37. The summed E-state index contributed by atoms with van der Waals surface area (Å²) in [4.78, 5) is 16.1. The molecule has 0 amide bonds. The Balaban J connectivity index is 2.43. The fourth-order valence-electron chi connectivity index (χ4n) is 1.00. The van der Waals surface area contributed by atoms with E-state index in [0.29, 0.717) is 15.7 Å². The monoisotopic (exact) mass is 220 g/mol. The van der Waals surface area contributed by atoms with Crippen LogP contribution in [0.5, 0.6) is 5.19 Å². The second kappa shape index (κ2) is 3.79. The maximum atomic E-state index is 6.81. The number of hydrogen-bond acceptors (Lipinski definition) is 5. The van der Waals surface area contributed by atoms with E-state index < -0.39 is 0 Å². The van der Waals surface area contributed by atoms with Gasteiger partial charge in [0.1, 0.15) is 0 Å². The molecule has 0 N–H and O–H groups in total. The topological polar surface area (TPSA) is 52.3 Å². The zero-order valence-electron chi connectivity index (χ0n) is 8.26. The number of thiazole rings is 1. The Hall–Kier alpha value is -1.74. The van der Waals surface area contributed by atoms with Gasteiger partial charge in [-0.1, -0.05) is 6.57 Å². The first-order valence-corrected chi connectivity index (χ1v) is 5.18. The van der Waals surface area contributed by atoms with E-state index in [9.17, 15) is 0 Å². The third-order valence-electron chi connectivity index (χ3n) is 1.54. The molecule has 2 aromatic rings. The van der Waals surface area contributed by atoms with E-state index in [4.69, 9.17) is 11.3 Å². The van der Waals surface area contributed by atoms with Crippen molar-refractivity contribution >= 4 is 27.6 Å². The van der Waals surface area contributed by atoms with Gasteiger partial charge in [-0.15, -0.1) is 4.98 Å². The predicted octanol–water partition coefficient (Wildman–Crippen LogP) is 2.42. The van der Waals surface area contributed by atoms with Crippen LogP contribution in [0.15, 0.2) is 6.20 Å². The van der Waals surface area contributed by atoms with Crippen LogP contribution in [0.4, 0.5) is 5.82 Å². The number of hydrogen-bond donors (Lipinski definition) is 0. The van der Waals surface area contributed by atoms with Crippen molar-refractivity contribution in [1.29, 1.82) is 0 Å². The number of aromatic nitrogens is 3. The molecule has 0 saturated carbocycles. The summed E-state index contributed by atoms with van der Waals surface area (Å²) < 4.78 is 5.42. The van der Waals surface area contributed by atoms with Crippen LogP contribution in [-0.2, 0) is 0 Å². The minimum absolute atomic E-state index is 0.0749. The van der Waals surface area contributed by atoms with Crippen LogP contribution in [0, 0.1) is 6.57 Å². The lowest BCUT2D eigenvalue weighted by molar-refractivity contribution is 0.242. The molecule has 5 nitrogen and oxygen atoms in total. The first-order chi connectivity index (χ1) is 7.19. The third kappa shape index (κ3) is 2.02. The maximum absolute atomic E-state index is 6.81. The Morgan fingerprint density at radius 3 is 2.93 bits per heavy atom. The summed E-state index contributed by atoms with van der Waals surface area (Å²) >= 11 is 1.30. The molecular formula is C9H8N4OS. The molecule has 6 heteroatoms. The number of rotatable bonds is 2. The lowest BCUT2D eigenvalue weighted by Crippen LogP contribution is -2.04. The SMILES string of the molecule is [C-]#[N+]c1cnc2nc(OC(C)C)sc2n1. The Bertz CT molecular complexity index is 528. The molecular weight excluding hydrogens is 212 g/mol. The smallest absolute Gasteiger partial charge is 0.289 e. The Labute approximate surface area is 90.6 Å². The molecule has 0 aliphatic rings. The molecule has 2 rings (SSSR count). The fraction of sp³-hybridized carbons (Fsp3) is 0.333. The van der Waals surface area contributed by atoms with Crippen molar-refractivity contribution in [2.24, 2.45) is 0 Å². The highest BCUT2D eigenvalue weighted by Crippen LogP contribution is 2.26. The predicted molar refractivity (Wildman–Crippen MR) is 57.2 cm³/mol.